The molecule has 0 spiro atoms. The van der Waals surface area contributed by atoms with Crippen LogP contribution in [0, 0.1) is 13.8 Å². The Morgan fingerprint density at radius 3 is 2.52 bits per heavy atom. The summed E-state index contributed by atoms with van der Waals surface area (Å²) in [5.74, 6) is -0.210. The molecule has 0 radical (unpaired) electrons. The SMILES string of the molecule is CCc1ccc(C(=O)NS(=O)(=O)c2c(C)nn(C)c2C)o1. The molecule has 0 aliphatic heterocycles. The third kappa shape index (κ3) is 2.85. The van der Waals surface area contributed by atoms with E-state index in [9.17, 15) is 13.2 Å². The summed E-state index contributed by atoms with van der Waals surface area (Å²) < 4.78 is 33.3. The first kappa shape index (κ1) is 15.3. The highest BCUT2D eigenvalue weighted by Crippen LogP contribution is 2.19. The van der Waals surface area contributed by atoms with Gasteiger partial charge in [0.2, 0.25) is 0 Å². The van der Waals surface area contributed by atoms with Crippen LogP contribution in [0.25, 0.3) is 0 Å². The van der Waals surface area contributed by atoms with Crippen LogP contribution in [0.1, 0.15) is 34.6 Å². The number of rotatable bonds is 4. The van der Waals surface area contributed by atoms with E-state index in [0.717, 1.165) is 0 Å². The summed E-state index contributed by atoms with van der Waals surface area (Å²) in [4.78, 5) is 12.0. The predicted octanol–water partition coefficient (Wildman–Crippen LogP) is 1.31. The molecule has 0 bridgehead atoms. The van der Waals surface area contributed by atoms with Gasteiger partial charge in [-0.15, -0.1) is 0 Å². The smallest absolute Gasteiger partial charge is 0.300 e. The van der Waals surface area contributed by atoms with Crippen molar-refractivity contribution in [2.24, 2.45) is 7.05 Å². The van der Waals surface area contributed by atoms with E-state index >= 15 is 0 Å². The zero-order chi connectivity index (χ0) is 15.8. The highest BCUT2D eigenvalue weighted by atomic mass is 32.2. The number of furan rings is 1. The second kappa shape index (κ2) is 5.36. The van der Waals surface area contributed by atoms with Crippen LogP contribution in [0.2, 0.25) is 0 Å². The van der Waals surface area contributed by atoms with Crippen molar-refractivity contribution in [3.05, 3.63) is 35.0 Å². The minimum Gasteiger partial charge on any atom is -0.456 e. The Morgan fingerprint density at radius 2 is 2.05 bits per heavy atom. The third-order valence-electron chi connectivity index (χ3n) is 3.17. The lowest BCUT2D eigenvalue weighted by Crippen LogP contribution is -2.31. The lowest BCUT2D eigenvalue weighted by atomic mass is 10.3. The molecule has 1 N–H and O–H groups in total. The number of aromatic nitrogens is 2. The van der Waals surface area contributed by atoms with Crippen LogP contribution in [0.5, 0.6) is 0 Å². The molecular formula is C13H17N3O4S. The zero-order valence-corrected chi connectivity index (χ0v) is 13.1. The fourth-order valence-corrected chi connectivity index (χ4v) is 3.45. The summed E-state index contributed by atoms with van der Waals surface area (Å²) in [7, 11) is -2.35. The highest BCUT2D eigenvalue weighted by molar-refractivity contribution is 7.90. The van der Waals surface area contributed by atoms with Gasteiger partial charge in [0.05, 0.1) is 11.4 Å². The van der Waals surface area contributed by atoms with Gasteiger partial charge in [0.1, 0.15) is 10.7 Å². The van der Waals surface area contributed by atoms with Crippen molar-refractivity contribution < 1.29 is 17.6 Å². The van der Waals surface area contributed by atoms with Gasteiger partial charge in [0.15, 0.2) is 5.76 Å². The minimum absolute atomic E-state index is 0.0145. The number of hydrogen-bond acceptors (Lipinski definition) is 5. The molecular weight excluding hydrogens is 294 g/mol. The molecule has 2 rings (SSSR count). The van der Waals surface area contributed by atoms with Gasteiger partial charge < -0.3 is 4.42 Å². The molecule has 0 saturated heterocycles. The minimum atomic E-state index is -3.99. The van der Waals surface area contributed by atoms with Gasteiger partial charge in [-0.1, -0.05) is 6.92 Å². The maximum absolute atomic E-state index is 12.3. The van der Waals surface area contributed by atoms with Gasteiger partial charge in [0, 0.05) is 13.5 Å². The Kier molecular flexibility index (Phi) is 3.91. The lowest BCUT2D eigenvalue weighted by molar-refractivity contribution is 0.0953. The molecule has 0 aromatic carbocycles. The fourth-order valence-electron chi connectivity index (χ4n) is 2.06. The van der Waals surface area contributed by atoms with Crippen molar-refractivity contribution in [2.45, 2.75) is 32.1 Å². The predicted molar refractivity (Wildman–Crippen MR) is 75.4 cm³/mol. The first-order chi connectivity index (χ1) is 9.76. The van der Waals surface area contributed by atoms with Crippen LogP contribution in [0.4, 0.5) is 0 Å². The van der Waals surface area contributed by atoms with E-state index in [-0.39, 0.29) is 10.7 Å². The number of carbonyl (C=O) groups is 1. The summed E-state index contributed by atoms with van der Waals surface area (Å²) in [6, 6.07) is 3.09. The number of carbonyl (C=O) groups excluding carboxylic acids is 1. The average Bonchev–Trinajstić information content (AvgIpc) is 2.95. The van der Waals surface area contributed by atoms with E-state index in [1.807, 2.05) is 11.6 Å². The summed E-state index contributed by atoms with van der Waals surface area (Å²) >= 11 is 0. The topological polar surface area (TPSA) is 94.2 Å². The van der Waals surface area contributed by atoms with Gasteiger partial charge in [-0.3, -0.25) is 9.48 Å². The van der Waals surface area contributed by atoms with Gasteiger partial charge in [-0.05, 0) is 26.0 Å². The Bertz CT molecular complexity index is 786. The van der Waals surface area contributed by atoms with Crippen molar-refractivity contribution in [3.8, 4) is 0 Å². The highest BCUT2D eigenvalue weighted by Gasteiger charge is 2.27. The summed E-state index contributed by atoms with van der Waals surface area (Å²) in [5, 5.41) is 4.04. The largest absolute Gasteiger partial charge is 0.456 e. The van der Waals surface area contributed by atoms with E-state index in [1.54, 1.807) is 27.0 Å². The van der Waals surface area contributed by atoms with E-state index in [1.165, 1.54) is 10.7 Å². The van der Waals surface area contributed by atoms with Gasteiger partial charge in [-0.2, -0.15) is 5.10 Å². The number of hydrogen-bond donors (Lipinski definition) is 1. The molecule has 0 unspecified atom stereocenters. The number of nitrogens with one attached hydrogen (secondary N) is 1. The molecule has 0 saturated carbocycles. The summed E-state index contributed by atoms with van der Waals surface area (Å²) in [6.45, 7) is 5.08. The van der Waals surface area contributed by atoms with Gasteiger partial charge in [0.25, 0.3) is 10.0 Å². The van der Waals surface area contributed by atoms with Crippen LogP contribution >= 0.6 is 0 Å². The molecule has 114 valence electrons. The van der Waals surface area contributed by atoms with E-state index < -0.39 is 15.9 Å². The van der Waals surface area contributed by atoms with Gasteiger partial charge >= 0.3 is 5.91 Å². The molecule has 0 aliphatic carbocycles. The summed E-state index contributed by atoms with van der Waals surface area (Å²) in [6.07, 6.45) is 0.626. The van der Waals surface area contributed by atoms with Crippen molar-refractivity contribution in [2.75, 3.05) is 0 Å². The first-order valence-electron chi connectivity index (χ1n) is 6.42. The fraction of sp³-hybridized carbons (Fsp3) is 0.385. The van der Waals surface area contributed by atoms with E-state index in [2.05, 4.69) is 5.10 Å². The van der Waals surface area contributed by atoms with Crippen LogP contribution in [0.15, 0.2) is 21.4 Å². The van der Waals surface area contributed by atoms with Crippen molar-refractivity contribution in [1.82, 2.24) is 14.5 Å². The van der Waals surface area contributed by atoms with Crippen molar-refractivity contribution in [1.29, 1.82) is 0 Å². The number of sulfonamides is 1. The Hall–Kier alpha value is -2.09. The number of amides is 1. The molecule has 0 aliphatic rings. The average molecular weight is 311 g/mol. The first-order valence-corrected chi connectivity index (χ1v) is 7.90. The van der Waals surface area contributed by atoms with Crippen LogP contribution < -0.4 is 4.72 Å². The molecule has 8 heteroatoms. The summed E-state index contributed by atoms with van der Waals surface area (Å²) in [5.41, 5.74) is 0.797. The monoisotopic (exact) mass is 311 g/mol. The molecule has 2 aromatic rings. The molecule has 0 atom stereocenters. The molecule has 7 nitrogen and oxygen atoms in total. The van der Waals surface area contributed by atoms with E-state index in [0.29, 0.717) is 23.6 Å². The Morgan fingerprint density at radius 1 is 1.38 bits per heavy atom. The Balaban J connectivity index is 2.31. The maximum atomic E-state index is 12.3. The van der Waals surface area contributed by atoms with Crippen LogP contribution in [0.3, 0.4) is 0 Å². The standard InChI is InChI=1S/C13H17N3O4S/c1-5-10-6-7-11(20-10)13(17)15-21(18,19)12-8(2)14-16(4)9(12)3/h6-7H,5H2,1-4H3,(H,15,17). The quantitative estimate of drug-likeness (QED) is 0.918. The zero-order valence-electron chi connectivity index (χ0n) is 12.3. The number of aryl methyl sites for hydroxylation is 3. The third-order valence-corrected chi connectivity index (χ3v) is 4.75. The Labute approximate surface area is 123 Å². The maximum Gasteiger partial charge on any atom is 0.300 e. The van der Waals surface area contributed by atoms with Crippen LogP contribution in [-0.2, 0) is 23.5 Å². The second-order valence-corrected chi connectivity index (χ2v) is 6.30. The van der Waals surface area contributed by atoms with E-state index in [4.69, 9.17) is 4.42 Å². The van der Waals surface area contributed by atoms with Crippen molar-refractivity contribution in [3.63, 3.8) is 0 Å². The molecule has 2 aromatic heterocycles. The number of nitrogens with zero attached hydrogens (tertiary/aromatic N) is 2. The van der Waals surface area contributed by atoms with Crippen LogP contribution in [-0.4, -0.2) is 24.1 Å². The van der Waals surface area contributed by atoms with Gasteiger partial charge in [-0.25, -0.2) is 13.1 Å². The lowest BCUT2D eigenvalue weighted by Gasteiger charge is -2.05. The molecule has 21 heavy (non-hydrogen) atoms. The normalized spacial score (nSPS) is 11.6. The second-order valence-electron chi connectivity index (χ2n) is 4.68. The molecule has 2 heterocycles. The molecule has 0 fully saturated rings. The molecule has 1 amide bonds. The van der Waals surface area contributed by atoms with Crippen molar-refractivity contribution >= 4 is 15.9 Å².